The molecule has 0 aromatic heterocycles. The lowest BCUT2D eigenvalue weighted by Crippen LogP contribution is -2.37. The van der Waals surface area contributed by atoms with E-state index in [1.165, 1.54) is 6.92 Å². The monoisotopic (exact) mass is 344 g/mol. The van der Waals surface area contributed by atoms with Gasteiger partial charge in [0, 0.05) is 0 Å². The van der Waals surface area contributed by atoms with Crippen molar-refractivity contribution in [3.05, 3.63) is 29.8 Å². The molecule has 1 fully saturated rings. The van der Waals surface area contributed by atoms with E-state index in [1.807, 2.05) is 0 Å². The average Bonchev–Trinajstić information content (AvgIpc) is 2.71. The molecule has 4 amide bonds. The fraction of sp³-hybridized carbons (Fsp3) is 0.286. The topological polar surface area (TPSA) is 84.0 Å². The number of amides is 4. The smallest absolute Gasteiger partial charge is 0.416 e. The van der Waals surface area contributed by atoms with Crippen LogP contribution in [-0.2, 0) is 25.3 Å². The van der Waals surface area contributed by atoms with E-state index in [0.717, 1.165) is 18.2 Å². The molecule has 10 heteroatoms. The lowest BCUT2D eigenvalue weighted by atomic mass is 10.2. The zero-order valence-electron chi connectivity index (χ0n) is 12.3. The van der Waals surface area contributed by atoms with Crippen molar-refractivity contribution in [1.29, 1.82) is 0 Å². The summed E-state index contributed by atoms with van der Waals surface area (Å²) in [5.41, 5.74) is -1.50. The number of halogens is 3. The summed E-state index contributed by atoms with van der Waals surface area (Å²) in [7, 11) is 0. The Kier molecular flexibility index (Phi) is 4.58. The molecule has 1 aromatic carbocycles. The molecule has 1 aromatic rings. The number of alkyl halides is 3. The van der Waals surface area contributed by atoms with Crippen molar-refractivity contribution >= 4 is 29.5 Å². The maximum absolute atomic E-state index is 12.7. The second kappa shape index (κ2) is 6.30. The fourth-order valence-electron chi connectivity index (χ4n) is 2.03. The number of nitrogens with zero attached hydrogens (tertiary/aromatic N) is 2. The van der Waals surface area contributed by atoms with Crippen molar-refractivity contribution in [2.75, 3.05) is 18.1 Å². The molecule has 0 aliphatic carbocycles. The Morgan fingerprint density at radius 1 is 1.17 bits per heavy atom. The summed E-state index contributed by atoms with van der Waals surface area (Å²) >= 11 is 0. The number of carbonyl (C=O) groups is 4. The van der Waals surface area contributed by atoms with Gasteiger partial charge in [-0.2, -0.15) is 13.2 Å². The van der Waals surface area contributed by atoms with Gasteiger partial charge in [-0.1, -0.05) is 6.07 Å². The quantitative estimate of drug-likeness (QED) is 0.470. The van der Waals surface area contributed by atoms with Crippen LogP contribution in [0.1, 0.15) is 12.5 Å². The van der Waals surface area contributed by atoms with Crippen LogP contribution in [0, 0.1) is 0 Å². The first-order valence-corrected chi connectivity index (χ1v) is 6.69. The Balaban J connectivity index is 2.32. The number of esters is 1. The van der Waals surface area contributed by atoms with Gasteiger partial charge >= 0.3 is 30.0 Å². The molecule has 7 nitrogen and oxygen atoms in total. The molecule has 0 bridgehead atoms. The molecule has 2 rings (SSSR count). The highest BCUT2D eigenvalue weighted by Gasteiger charge is 2.46. The molecule has 0 atom stereocenters. The van der Waals surface area contributed by atoms with Gasteiger partial charge in [0.05, 0.1) is 17.9 Å². The number of imide groups is 2. The normalized spacial score (nSPS) is 15.2. The maximum atomic E-state index is 12.7. The van der Waals surface area contributed by atoms with Crippen molar-refractivity contribution in [3.8, 4) is 0 Å². The molecular weight excluding hydrogens is 333 g/mol. The van der Waals surface area contributed by atoms with E-state index in [9.17, 15) is 32.3 Å². The second-order valence-electron chi connectivity index (χ2n) is 4.67. The molecule has 1 aliphatic heterocycles. The van der Waals surface area contributed by atoms with Gasteiger partial charge in [0.25, 0.3) is 0 Å². The molecule has 128 valence electrons. The largest absolute Gasteiger partial charge is 0.465 e. The first kappa shape index (κ1) is 17.4. The summed E-state index contributed by atoms with van der Waals surface area (Å²) in [5, 5.41) is 0. The zero-order valence-corrected chi connectivity index (χ0v) is 12.3. The Bertz CT molecular complexity index is 717. The molecule has 1 saturated heterocycles. The molecule has 1 heterocycles. The second-order valence-corrected chi connectivity index (χ2v) is 4.67. The van der Waals surface area contributed by atoms with Gasteiger partial charge in [0.1, 0.15) is 6.54 Å². The SMILES string of the molecule is CCOC(=O)CN1C(=O)C(=O)N(c2cccc(C(F)(F)F)c2)C1=O. The lowest BCUT2D eigenvalue weighted by molar-refractivity contribution is -0.148. The van der Waals surface area contributed by atoms with E-state index in [0.29, 0.717) is 11.0 Å². The number of urea groups is 1. The number of hydrogen-bond donors (Lipinski definition) is 0. The molecular formula is C14H11F3N2O5. The number of rotatable bonds is 4. The van der Waals surface area contributed by atoms with Crippen LogP contribution in [0.2, 0.25) is 0 Å². The minimum absolute atomic E-state index is 0.000340. The van der Waals surface area contributed by atoms with Crippen molar-refractivity contribution in [2.24, 2.45) is 0 Å². The minimum atomic E-state index is -4.68. The summed E-state index contributed by atoms with van der Waals surface area (Å²) in [6.07, 6.45) is -4.68. The Morgan fingerprint density at radius 2 is 1.83 bits per heavy atom. The van der Waals surface area contributed by atoms with Crippen molar-refractivity contribution in [3.63, 3.8) is 0 Å². The van der Waals surface area contributed by atoms with Gasteiger partial charge in [-0.3, -0.25) is 14.4 Å². The third kappa shape index (κ3) is 3.21. The van der Waals surface area contributed by atoms with Gasteiger partial charge < -0.3 is 4.74 Å². The number of benzene rings is 1. The number of carbonyl (C=O) groups excluding carboxylic acids is 4. The zero-order chi connectivity index (χ0) is 18.1. The van der Waals surface area contributed by atoms with Crippen LogP contribution in [0.25, 0.3) is 0 Å². The van der Waals surface area contributed by atoms with Crippen LogP contribution in [0.5, 0.6) is 0 Å². The predicted octanol–water partition coefficient (Wildman–Crippen LogP) is 1.56. The lowest BCUT2D eigenvalue weighted by Gasteiger charge is -2.16. The number of ether oxygens (including phenoxy) is 1. The first-order chi connectivity index (χ1) is 11.2. The van der Waals surface area contributed by atoms with Crippen LogP contribution < -0.4 is 4.90 Å². The molecule has 0 unspecified atom stereocenters. The van der Waals surface area contributed by atoms with Gasteiger partial charge in [-0.15, -0.1) is 0 Å². The highest BCUT2D eigenvalue weighted by molar-refractivity contribution is 6.53. The third-order valence-electron chi connectivity index (χ3n) is 3.08. The number of hydrogen-bond acceptors (Lipinski definition) is 5. The summed E-state index contributed by atoms with van der Waals surface area (Å²) in [4.78, 5) is 47.8. The first-order valence-electron chi connectivity index (χ1n) is 6.69. The maximum Gasteiger partial charge on any atom is 0.416 e. The highest BCUT2D eigenvalue weighted by atomic mass is 19.4. The van der Waals surface area contributed by atoms with E-state index in [-0.39, 0.29) is 11.5 Å². The third-order valence-corrected chi connectivity index (χ3v) is 3.08. The average molecular weight is 344 g/mol. The van der Waals surface area contributed by atoms with Crippen LogP contribution in [0.3, 0.4) is 0 Å². The molecule has 1 aliphatic rings. The van der Waals surface area contributed by atoms with Crippen molar-refractivity contribution < 1.29 is 37.1 Å². The van der Waals surface area contributed by atoms with E-state index in [4.69, 9.17) is 0 Å². The fourth-order valence-corrected chi connectivity index (χ4v) is 2.03. The Hall–Kier alpha value is -2.91. The van der Waals surface area contributed by atoms with Crippen LogP contribution >= 0.6 is 0 Å². The van der Waals surface area contributed by atoms with Crippen LogP contribution in [0.4, 0.5) is 23.7 Å². The van der Waals surface area contributed by atoms with E-state index in [1.54, 1.807) is 0 Å². The standard InChI is InChI=1S/C14H11F3N2O5/c1-2-24-10(20)7-18-11(21)12(22)19(13(18)23)9-5-3-4-8(6-9)14(15,16)17/h3-6H,2,7H2,1H3. The van der Waals surface area contributed by atoms with Gasteiger partial charge in [0.15, 0.2) is 0 Å². The number of anilines is 1. The molecule has 0 spiro atoms. The minimum Gasteiger partial charge on any atom is -0.465 e. The predicted molar refractivity (Wildman–Crippen MR) is 72.7 cm³/mol. The summed E-state index contributed by atoms with van der Waals surface area (Å²) in [6, 6.07) is 2.19. The molecule has 24 heavy (non-hydrogen) atoms. The van der Waals surface area contributed by atoms with Gasteiger partial charge in [0.2, 0.25) is 0 Å². The highest BCUT2D eigenvalue weighted by Crippen LogP contribution is 2.32. The molecule has 0 N–H and O–H groups in total. The van der Waals surface area contributed by atoms with Crippen molar-refractivity contribution in [1.82, 2.24) is 4.90 Å². The van der Waals surface area contributed by atoms with Gasteiger partial charge in [-0.05, 0) is 25.1 Å². The summed E-state index contributed by atoms with van der Waals surface area (Å²) in [6.45, 7) is 0.707. The van der Waals surface area contributed by atoms with Crippen LogP contribution in [-0.4, -0.2) is 41.9 Å². The summed E-state index contributed by atoms with van der Waals surface area (Å²) in [5.74, 6) is -3.58. The van der Waals surface area contributed by atoms with Crippen molar-refractivity contribution in [2.45, 2.75) is 13.1 Å². The van der Waals surface area contributed by atoms with E-state index >= 15 is 0 Å². The Labute approximate surface area is 133 Å². The molecule has 0 radical (unpaired) electrons. The van der Waals surface area contributed by atoms with Gasteiger partial charge in [-0.25, -0.2) is 14.6 Å². The Morgan fingerprint density at radius 3 is 2.42 bits per heavy atom. The molecule has 0 saturated carbocycles. The van der Waals surface area contributed by atoms with Crippen LogP contribution in [0.15, 0.2) is 24.3 Å². The summed E-state index contributed by atoms with van der Waals surface area (Å²) < 4.78 is 42.8. The van der Waals surface area contributed by atoms with E-state index in [2.05, 4.69) is 4.74 Å². The van der Waals surface area contributed by atoms with E-state index < -0.39 is 47.8 Å².